The topological polar surface area (TPSA) is 82.7 Å². The van der Waals surface area contributed by atoms with Crippen LogP contribution in [0.4, 0.5) is 5.69 Å². The van der Waals surface area contributed by atoms with Crippen LogP contribution in [0.3, 0.4) is 0 Å². The van der Waals surface area contributed by atoms with Crippen LogP contribution in [-0.2, 0) is 13.2 Å². The molecule has 0 spiro atoms. The molecule has 1 aromatic heterocycles. The quantitative estimate of drug-likeness (QED) is 0.539. The summed E-state index contributed by atoms with van der Waals surface area (Å²) in [5.41, 5.74) is 2.12. The van der Waals surface area contributed by atoms with Crippen LogP contribution in [0.15, 0.2) is 18.2 Å². The highest BCUT2D eigenvalue weighted by molar-refractivity contribution is 5.43. The Hall–Kier alpha value is -2.61. The zero-order valence-electron chi connectivity index (χ0n) is 15.3. The number of ether oxygens (including phenoxy) is 2. The van der Waals surface area contributed by atoms with E-state index in [4.69, 9.17) is 9.47 Å². The van der Waals surface area contributed by atoms with Crippen LogP contribution < -0.4 is 9.47 Å². The first-order chi connectivity index (χ1) is 11.9. The summed E-state index contributed by atoms with van der Waals surface area (Å²) < 4.78 is 12.5. The number of methoxy groups -OCH3 is 1. The Balaban J connectivity index is 2.11. The monoisotopic (exact) mass is 348 g/mol. The van der Waals surface area contributed by atoms with Crippen molar-refractivity contribution in [3.8, 4) is 11.5 Å². The lowest BCUT2D eigenvalue weighted by atomic mass is 10.2. The maximum Gasteiger partial charge on any atom is 0.312 e. The van der Waals surface area contributed by atoms with Crippen LogP contribution in [0.1, 0.15) is 23.9 Å². The molecule has 136 valence electrons. The molecule has 0 radical (unpaired) electrons. The Kier molecular flexibility index (Phi) is 5.97. The highest BCUT2D eigenvalue weighted by Crippen LogP contribution is 2.28. The van der Waals surface area contributed by atoms with Gasteiger partial charge in [-0.3, -0.25) is 15.0 Å². The molecule has 0 aliphatic heterocycles. The number of hydrogen-bond donors (Lipinski definition) is 0. The zero-order valence-corrected chi connectivity index (χ0v) is 15.3. The smallest absolute Gasteiger partial charge is 0.312 e. The molecule has 2 aromatic rings. The summed E-state index contributed by atoms with van der Waals surface area (Å²) in [5, 5.41) is 15.4. The molecule has 8 nitrogen and oxygen atoms in total. The van der Waals surface area contributed by atoms with Gasteiger partial charge in [0.2, 0.25) is 0 Å². The fourth-order valence-corrected chi connectivity index (χ4v) is 2.76. The summed E-state index contributed by atoms with van der Waals surface area (Å²) in [5.74, 6) is 1.40. The molecule has 0 saturated carbocycles. The Morgan fingerprint density at radius 2 is 2.04 bits per heavy atom. The highest BCUT2D eigenvalue weighted by Gasteiger charge is 2.22. The summed E-state index contributed by atoms with van der Waals surface area (Å²) >= 11 is 0. The van der Waals surface area contributed by atoms with E-state index in [1.54, 1.807) is 25.6 Å². The third-order valence-electron chi connectivity index (χ3n) is 3.88. The van der Waals surface area contributed by atoms with Crippen LogP contribution in [0.2, 0.25) is 0 Å². The number of nitro groups is 1. The fourth-order valence-electron chi connectivity index (χ4n) is 2.76. The number of rotatable bonds is 8. The van der Waals surface area contributed by atoms with Gasteiger partial charge in [-0.05, 0) is 45.5 Å². The van der Waals surface area contributed by atoms with Crippen LogP contribution in [-0.4, -0.2) is 40.4 Å². The Bertz CT molecular complexity index is 757. The minimum atomic E-state index is -0.383. The van der Waals surface area contributed by atoms with E-state index in [0.717, 1.165) is 5.56 Å². The van der Waals surface area contributed by atoms with E-state index in [2.05, 4.69) is 5.10 Å². The average Bonchev–Trinajstić information content (AvgIpc) is 2.82. The third kappa shape index (κ3) is 4.27. The Morgan fingerprint density at radius 1 is 1.32 bits per heavy atom. The summed E-state index contributed by atoms with van der Waals surface area (Å²) in [4.78, 5) is 12.7. The van der Waals surface area contributed by atoms with Crippen molar-refractivity contribution >= 4 is 5.69 Å². The summed E-state index contributed by atoms with van der Waals surface area (Å²) in [6.45, 7) is 6.97. The summed E-state index contributed by atoms with van der Waals surface area (Å²) in [6.07, 6.45) is 0. The summed E-state index contributed by atoms with van der Waals surface area (Å²) in [6, 6.07) is 5.80. The molecule has 0 aliphatic rings. The normalized spacial score (nSPS) is 11.0. The molecule has 0 unspecified atom stereocenters. The van der Waals surface area contributed by atoms with Crippen molar-refractivity contribution in [2.45, 2.75) is 34.0 Å². The first kappa shape index (κ1) is 18.7. The maximum absolute atomic E-state index is 11.1. The van der Waals surface area contributed by atoms with Crippen molar-refractivity contribution in [2.75, 3.05) is 20.8 Å². The van der Waals surface area contributed by atoms with Gasteiger partial charge in [-0.15, -0.1) is 0 Å². The largest absolute Gasteiger partial charge is 0.493 e. The van der Waals surface area contributed by atoms with E-state index in [0.29, 0.717) is 42.7 Å². The van der Waals surface area contributed by atoms with Gasteiger partial charge >= 0.3 is 5.69 Å². The van der Waals surface area contributed by atoms with Crippen molar-refractivity contribution in [1.29, 1.82) is 0 Å². The van der Waals surface area contributed by atoms with Gasteiger partial charge in [-0.1, -0.05) is 6.07 Å². The SMILES string of the molecule is CCOc1ccc(CN(C)Cn2nc(C)c([N+](=O)[O-])c2C)cc1OC. The Labute approximate surface area is 147 Å². The minimum Gasteiger partial charge on any atom is -0.493 e. The minimum absolute atomic E-state index is 0.0798. The van der Waals surface area contributed by atoms with E-state index < -0.39 is 0 Å². The fraction of sp³-hybridized carbons (Fsp3) is 0.471. The lowest BCUT2D eigenvalue weighted by Crippen LogP contribution is -2.23. The maximum atomic E-state index is 11.1. The molecule has 0 bridgehead atoms. The molecule has 0 saturated heterocycles. The second-order valence-electron chi connectivity index (χ2n) is 5.85. The van der Waals surface area contributed by atoms with Gasteiger partial charge in [-0.2, -0.15) is 5.10 Å². The van der Waals surface area contributed by atoms with Crippen LogP contribution in [0.5, 0.6) is 11.5 Å². The van der Waals surface area contributed by atoms with E-state index in [1.165, 1.54) is 0 Å². The van der Waals surface area contributed by atoms with Crippen LogP contribution >= 0.6 is 0 Å². The molecular formula is C17H24N4O4. The van der Waals surface area contributed by atoms with Crippen molar-refractivity contribution in [3.63, 3.8) is 0 Å². The van der Waals surface area contributed by atoms with Gasteiger partial charge in [-0.25, -0.2) is 4.68 Å². The van der Waals surface area contributed by atoms with E-state index in [1.807, 2.05) is 37.1 Å². The molecule has 8 heteroatoms. The first-order valence-corrected chi connectivity index (χ1v) is 8.04. The van der Waals surface area contributed by atoms with Gasteiger partial charge in [0.1, 0.15) is 11.4 Å². The highest BCUT2D eigenvalue weighted by atomic mass is 16.6. The molecule has 0 aliphatic carbocycles. The second-order valence-corrected chi connectivity index (χ2v) is 5.85. The third-order valence-corrected chi connectivity index (χ3v) is 3.88. The summed E-state index contributed by atoms with van der Waals surface area (Å²) in [7, 11) is 3.55. The molecule has 25 heavy (non-hydrogen) atoms. The van der Waals surface area contributed by atoms with Gasteiger partial charge in [0.25, 0.3) is 0 Å². The number of aryl methyl sites for hydroxylation is 1. The van der Waals surface area contributed by atoms with E-state index >= 15 is 0 Å². The average molecular weight is 348 g/mol. The van der Waals surface area contributed by atoms with Crippen molar-refractivity contribution in [3.05, 3.63) is 45.3 Å². The molecule has 1 aromatic carbocycles. The number of nitrogens with zero attached hydrogens (tertiary/aromatic N) is 4. The van der Waals surface area contributed by atoms with Gasteiger partial charge in [0.15, 0.2) is 11.5 Å². The standard InChI is InChI=1S/C17H24N4O4/c1-6-25-15-8-7-14(9-16(15)24-5)10-19(4)11-20-13(3)17(21(22)23)12(2)18-20/h7-9H,6,10-11H2,1-5H3. The molecule has 1 heterocycles. The van der Waals surface area contributed by atoms with E-state index in [-0.39, 0.29) is 10.6 Å². The number of hydrogen-bond acceptors (Lipinski definition) is 6. The first-order valence-electron chi connectivity index (χ1n) is 8.04. The molecule has 0 amide bonds. The van der Waals surface area contributed by atoms with Gasteiger partial charge in [0.05, 0.1) is 25.3 Å². The van der Waals surface area contributed by atoms with E-state index in [9.17, 15) is 10.1 Å². The molecule has 2 rings (SSSR count). The van der Waals surface area contributed by atoms with Crippen LogP contribution in [0, 0.1) is 24.0 Å². The van der Waals surface area contributed by atoms with Gasteiger partial charge < -0.3 is 9.47 Å². The number of aromatic nitrogens is 2. The van der Waals surface area contributed by atoms with Crippen LogP contribution in [0.25, 0.3) is 0 Å². The van der Waals surface area contributed by atoms with Gasteiger partial charge in [0, 0.05) is 6.54 Å². The van der Waals surface area contributed by atoms with Crippen molar-refractivity contribution < 1.29 is 14.4 Å². The predicted octanol–water partition coefficient (Wildman–Crippen LogP) is 2.90. The lowest BCUT2D eigenvalue weighted by Gasteiger charge is -2.18. The predicted molar refractivity (Wildman–Crippen MR) is 94.0 cm³/mol. The zero-order chi connectivity index (χ0) is 18.6. The van der Waals surface area contributed by atoms with Crippen molar-refractivity contribution in [1.82, 2.24) is 14.7 Å². The molecule has 0 fully saturated rings. The molecular weight excluding hydrogens is 324 g/mol. The molecule has 0 N–H and O–H groups in total. The Morgan fingerprint density at radius 3 is 2.60 bits per heavy atom. The second kappa shape index (κ2) is 7.98. The molecule has 0 atom stereocenters. The van der Waals surface area contributed by atoms with Crippen molar-refractivity contribution in [2.24, 2.45) is 0 Å². The lowest BCUT2D eigenvalue weighted by molar-refractivity contribution is -0.386. The number of benzene rings is 1.